The zero-order valence-electron chi connectivity index (χ0n) is 10.4. The lowest BCUT2D eigenvalue weighted by atomic mass is 10.1. The standard InChI is InChI=1S/C13H12FN3O2/c1-9-6-11(14)8-15-13(9)10-2-4-17(16-7-10)5-3-12(18)19/h2,4,6-8H,3,5H2,1H3/p+1. The minimum atomic E-state index is -0.866. The van der Waals surface area contributed by atoms with E-state index in [1.165, 1.54) is 10.7 Å². The summed E-state index contributed by atoms with van der Waals surface area (Å²) in [6, 6.07) is 3.19. The van der Waals surface area contributed by atoms with E-state index < -0.39 is 5.97 Å². The first-order valence-corrected chi connectivity index (χ1v) is 5.76. The largest absolute Gasteiger partial charge is 0.481 e. The van der Waals surface area contributed by atoms with Gasteiger partial charge in [-0.25, -0.2) is 4.39 Å². The molecule has 0 atom stereocenters. The SMILES string of the molecule is Cc1cc(F)cnc1-c1cc[n+](CCC(=O)O)nc1. The number of aromatic nitrogens is 3. The Hall–Kier alpha value is -2.37. The zero-order chi connectivity index (χ0) is 13.8. The number of halogens is 1. The van der Waals surface area contributed by atoms with Gasteiger partial charge in [-0.15, -0.1) is 0 Å². The van der Waals surface area contributed by atoms with Crippen LogP contribution in [0.4, 0.5) is 4.39 Å². The summed E-state index contributed by atoms with van der Waals surface area (Å²) in [5, 5.41) is 12.7. The van der Waals surface area contributed by atoms with Crippen molar-refractivity contribution in [3.8, 4) is 11.3 Å². The van der Waals surface area contributed by atoms with Crippen molar-refractivity contribution >= 4 is 5.97 Å². The van der Waals surface area contributed by atoms with Gasteiger partial charge in [0.05, 0.1) is 11.9 Å². The molecular formula is C13H13FN3O2+. The second-order valence-electron chi connectivity index (χ2n) is 4.14. The van der Waals surface area contributed by atoms with Crippen LogP contribution >= 0.6 is 0 Å². The molecule has 2 heterocycles. The minimum Gasteiger partial charge on any atom is -0.481 e. The van der Waals surface area contributed by atoms with E-state index in [0.717, 1.165) is 17.3 Å². The van der Waals surface area contributed by atoms with Gasteiger partial charge in [0.15, 0.2) is 12.7 Å². The van der Waals surface area contributed by atoms with Crippen LogP contribution in [0.5, 0.6) is 0 Å². The highest BCUT2D eigenvalue weighted by atomic mass is 19.1. The van der Waals surface area contributed by atoms with E-state index in [4.69, 9.17) is 5.11 Å². The summed E-state index contributed by atoms with van der Waals surface area (Å²) >= 11 is 0. The number of carboxylic acid groups (broad SMARTS) is 1. The first kappa shape index (κ1) is 13.1. The molecule has 0 aliphatic rings. The average Bonchev–Trinajstić information content (AvgIpc) is 2.37. The maximum absolute atomic E-state index is 13.0. The summed E-state index contributed by atoms with van der Waals surface area (Å²) in [6.07, 6.45) is 4.45. The Kier molecular flexibility index (Phi) is 3.79. The molecular weight excluding hydrogens is 249 g/mol. The number of rotatable bonds is 4. The Morgan fingerprint density at radius 2 is 2.26 bits per heavy atom. The topological polar surface area (TPSA) is 67.0 Å². The van der Waals surface area contributed by atoms with Crippen molar-refractivity contribution in [1.29, 1.82) is 0 Å². The summed E-state index contributed by atoms with van der Waals surface area (Å²) in [4.78, 5) is 14.5. The Balaban J connectivity index is 2.20. The molecule has 2 rings (SSSR count). The lowest BCUT2D eigenvalue weighted by Crippen LogP contribution is -2.38. The predicted octanol–water partition coefficient (Wildman–Crippen LogP) is 1.35. The Bertz CT molecular complexity index is 599. The number of carbonyl (C=O) groups is 1. The lowest BCUT2D eigenvalue weighted by molar-refractivity contribution is -0.752. The molecule has 6 heteroatoms. The van der Waals surface area contributed by atoms with E-state index in [9.17, 15) is 9.18 Å². The third kappa shape index (κ3) is 3.31. The van der Waals surface area contributed by atoms with Gasteiger partial charge in [-0.1, -0.05) is 4.68 Å². The zero-order valence-corrected chi connectivity index (χ0v) is 10.4. The van der Waals surface area contributed by atoms with Crippen LogP contribution in [0.15, 0.2) is 30.7 Å². The fraction of sp³-hybridized carbons (Fsp3) is 0.231. The maximum Gasteiger partial charge on any atom is 0.309 e. The number of pyridine rings is 1. The van der Waals surface area contributed by atoms with Crippen molar-refractivity contribution in [1.82, 2.24) is 10.1 Å². The average molecular weight is 262 g/mol. The highest BCUT2D eigenvalue weighted by Gasteiger charge is 2.10. The molecule has 0 radical (unpaired) electrons. The molecule has 1 N–H and O–H groups in total. The van der Waals surface area contributed by atoms with Gasteiger partial charge >= 0.3 is 5.97 Å². The Morgan fingerprint density at radius 3 is 2.84 bits per heavy atom. The lowest BCUT2D eigenvalue weighted by Gasteiger charge is -2.03. The molecule has 0 amide bonds. The Labute approximate surface area is 109 Å². The number of aryl methyl sites for hydroxylation is 2. The number of nitrogens with zero attached hydrogens (tertiary/aromatic N) is 3. The summed E-state index contributed by atoms with van der Waals surface area (Å²) < 4.78 is 14.5. The van der Waals surface area contributed by atoms with Crippen LogP contribution in [0.3, 0.4) is 0 Å². The van der Waals surface area contributed by atoms with Crippen LogP contribution in [0, 0.1) is 12.7 Å². The number of hydrogen-bond donors (Lipinski definition) is 1. The van der Waals surface area contributed by atoms with Gasteiger partial charge in [-0.2, -0.15) is 0 Å². The first-order valence-electron chi connectivity index (χ1n) is 5.76. The van der Waals surface area contributed by atoms with Gasteiger partial charge in [-0.05, 0) is 23.7 Å². The number of aliphatic carboxylic acids is 1. The fourth-order valence-electron chi connectivity index (χ4n) is 1.71. The van der Waals surface area contributed by atoms with Crippen molar-refractivity contribution in [2.24, 2.45) is 0 Å². The van der Waals surface area contributed by atoms with Gasteiger partial charge < -0.3 is 5.11 Å². The van der Waals surface area contributed by atoms with Crippen molar-refractivity contribution in [2.75, 3.05) is 0 Å². The smallest absolute Gasteiger partial charge is 0.309 e. The molecule has 0 unspecified atom stereocenters. The molecule has 2 aromatic rings. The van der Waals surface area contributed by atoms with E-state index in [-0.39, 0.29) is 12.2 Å². The summed E-state index contributed by atoms with van der Waals surface area (Å²) in [5.74, 6) is -1.24. The van der Waals surface area contributed by atoms with Crippen molar-refractivity contribution in [2.45, 2.75) is 19.9 Å². The summed E-state index contributed by atoms with van der Waals surface area (Å²) in [5.41, 5.74) is 2.16. The summed E-state index contributed by atoms with van der Waals surface area (Å²) in [6.45, 7) is 2.09. The maximum atomic E-state index is 13.0. The second-order valence-corrected chi connectivity index (χ2v) is 4.14. The molecule has 0 aliphatic heterocycles. The highest BCUT2D eigenvalue weighted by Crippen LogP contribution is 2.19. The minimum absolute atomic E-state index is 0.0187. The Morgan fingerprint density at radius 1 is 1.47 bits per heavy atom. The molecule has 2 aromatic heterocycles. The molecule has 0 aliphatic carbocycles. The van der Waals surface area contributed by atoms with Crippen LogP contribution in [-0.2, 0) is 11.3 Å². The molecule has 0 fully saturated rings. The summed E-state index contributed by atoms with van der Waals surface area (Å²) in [7, 11) is 0. The predicted molar refractivity (Wildman–Crippen MR) is 64.6 cm³/mol. The first-order chi connectivity index (χ1) is 9.06. The van der Waals surface area contributed by atoms with Crippen LogP contribution in [0.25, 0.3) is 11.3 Å². The molecule has 0 bridgehead atoms. The molecule has 0 saturated carbocycles. The third-order valence-electron chi connectivity index (χ3n) is 2.64. The van der Waals surface area contributed by atoms with Crippen LogP contribution in [-0.4, -0.2) is 21.2 Å². The quantitative estimate of drug-likeness (QED) is 0.845. The molecule has 5 nitrogen and oxygen atoms in total. The van der Waals surface area contributed by atoms with Crippen molar-refractivity contribution in [3.63, 3.8) is 0 Å². The van der Waals surface area contributed by atoms with Gasteiger partial charge in [-0.3, -0.25) is 9.78 Å². The van der Waals surface area contributed by atoms with E-state index in [1.54, 1.807) is 25.4 Å². The van der Waals surface area contributed by atoms with Crippen molar-refractivity contribution in [3.05, 3.63) is 42.1 Å². The van der Waals surface area contributed by atoms with Crippen LogP contribution < -0.4 is 4.68 Å². The van der Waals surface area contributed by atoms with E-state index >= 15 is 0 Å². The van der Waals surface area contributed by atoms with Gasteiger partial charge in [0.1, 0.15) is 18.4 Å². The van der Waals surface area contributed by atoms with Crippen LogP contribution in [0.2, 0.25) is 0 Å². The molecule has 0 spiro atoms. The monoisotopic (exact) mass is 262 g/mol. The van der Waals surface area contributed by atoms with Gasteiger partial charge in [0.2, 0.25) is 0 Å². The number of carboxylic acids is 1. The van der Waals surface area contributed by atoms with Crippen molar-refractivity contribution < 1.29 is 19.0 Å². The number of hydrogen-bond acceptors (Lipinski definition) is 3. The van der Waals surface area contributed by atoms with Gasteiger partial charge in [0, 0.05) is 11.6 Å². The molecule has 0 saturated heterocycles. The van der Waals surface area contributed by atoms with E-state index in [2.05, 4.69) is 10.1 Å². The second kappa shape index (κ2) is 5.51. The fourth-order valence-corrected chi connectivity index (χ4v) is 1.71. The molecule has 98 valence electrons. The van der Waals surface area contributed by atoms with Gasteiger partial charge in [0.25, 0.3) is 0 Å². The highest BCUT2D eigenvalue weighted by molar-refractivity contribution is 5.66. The normalized spacial score (nSPS) is 10.4. The molecule has 0 aromatic carbocycles. The van der Waals surface area contributed by atoms with E-state index in [1.807, 2.05) is 0 Å². The van der Waals surface area contributed by atoms with Crippen LogP contribution in [0.1, 0.15) is 12.0 Å². The third-order valence-corrected chi connectivity index (χ3v) is 2.64. The van der Waals surface area contributed by atoms with E-state index in [0.29, 0.717) is 12.2 Å². The molecule has 19 heavy (non-hydrogen) atoms.